The summed E-state index contributed by atoms with van der Waals surface area (Å²) in [5.41, 5.74) is 5.05. The van der Waals surface area contributed by atoms with Crippen LogP contribution in [0.3, 0.4) is 0 Å². The highest BCUT2D eigenvalue weighted by Gasteiger charge is 1.94. The molecule has 2 nitrogen and oxygen atoms in total. The van der Waals surface area contributed by atoms with Gasteiger partial charge in [-0.2, -0.15) is 0 Å². The van der Waals surface area contributed by atoms with Crippen LogP contribution in [-0.4, -0.2) is 6.34 Å². The standard InChI is InChI=1S/C8H16N2/c1-3-8(4-2)5-6-10-7-9/h5-8H,3-4H2,1-2H3,(H2,9,10)/b6-5-. The van der Waals surface area contributed by atoms with E-state index in [2.05, 4.69) is 24.9 Å². The summed E-state index contributed by atoms with van der Waals surface area (Å²) < 4.78 is 0. The first-order valence-corrected chi connectivity index (χ1v) is 3.75. The molecule has 0 saturated carbocycles. The lowest BCUT2D eigenvalue weighted by Crippen LogP contribution is -1.90. The summed E-state index contributed by atoms with van der Waals surface area (Å²) in [6.07, 6.45) is 7.50. The van der Waals surface area contributed by atoms with E-state index in [-0.39, 0.29) is 0 Å². The van der Waals surface area contributed by atoms with E-state index in [1.165, 1.54) is 19.2 Å². The van der Waals surface area contributed by atoms with Crippen molar-refractivity contribution < 1.29 is 0 Å². The highest BCUT2D eigenvalue weighted by Crippen LogP contribution is 2.08. The minimum absolute atomic E-state index is 0.656. The van der Waals surface area contributed by atoms with Gasteiger partial charge in [-0.25, -0.2) is 4.99 Å². The molecule has 0 saturated heterocycles. The third-order valence-electron chi connectivity index (χ3n) is 1.58. The van der Waals surface area contributed by atoms with Crippen molar-refractivity contribution in [1.29, 1.82) is 0 Å². The predicted octanol–water partition coefficient (Wildman–Crippen LogP) is 1.92. The van der Waals surface area contributed by atoms with E-state index in [1.807, 2.05) is 0 Å². The Kier molecular flexibility index (Phi) is 5.83. The molecule has 58 valence electrons. The molecular formula is C8H16N2. The van der Waals surface area contributed by atoms with Gasteiger partial charge < -0.3 is 5.73 Å². The molecule has 0 rings (SSSR count). The van der Waals surface area contributed by atoms with Gasteiger partial charge >= 0.3 is 0 Å². The fraction of sp³-hybridized carbons (Fsp3) is 0.625. The van der Waals surface area contributed by atoms with Crippen LogP contribution >= 0.6 is 0 Å². The Balaban J connectivity index is 3.60. The van der Waals surface area contributed by atoms with Gasteiger partial charge in [-0.15, -0.1) is 0 Å². The highest BCUT2D eigenvalue weighted by atomic mass is 14.8. The van der Waals surface area contributed by atoms with Crippen molar-refractivity contribution >= 4 is 6.34 Å². The van der Waals surface area contributed by atoms with Gasteiger partial charge in [0.25, 0.3) is 0 Å². The van der Waals surface area contributed by atoms with Crippen molar-refractivity contribution in [3.05, 3.63) is 12.3 Å². The van der Waals surface area contributed by atoms with Crippen molar-refractivity contribution in [3.8, 4) is 0 Å². The van der Waals surface area contributed by atoms with Crippen LogP contribution in [0.4, 0.5) is 0 Å². The first-order chi connectivity index (χ1) is 4.85. The van der Waals surface area contributed by atoms with Crippen LogP contribution in [0.25, 0.3) is 0 Å². The summed E-state index contributed by atoms with van der Waals surface area (Å²) in [6, 6.07) is 0. The Bertz CT molecular complexity index is 112. The van der Waals surface area contributed by atoms with Crippen LogP contribution < -0.4 is 5.73 Å². The average Bonchev–Trinajstić information content (AvgIpc) is 1.99. The van der Waals surface area contributed by atoms with Gasteiger partial charge in [-0.05, 0) is 18.8 Å². The topological polar surface area (TPSA) is 38.4 Å². The Morgan fingerprint density at radius 2 is 2.00 bits per heavy atom. The minimum atomic E-state index is 0.656. The van der Waals surface area contributed by atoms with E-state index in [9.17, 15) is 0 Å². The number of hydrogen-bond donors (Lipinski definition) is 1. The molecular weight excluding hydrogens is 124 g/mol. The number of nitrogens with two attached hydrogens (primary N) is 1. The SMILES string of the molecule is CCC(/C=C\N=CN)CC. The van der Waals surface area contributed by atoms with E-state index < -0.39 is 0 Å². The Hall–Kier alpha value is -0.790. The van der Waals surface area contributed by atoms with Gasteiger partial charge in [0.1, 0.15) is 0 Å². The van der Waals surface area contributed by atoms with Crippen LogP contribution in [0.5, 0.6) is 0 Å². The molecule has 0 bridgehead atoms. The smallest absolute Gasteiger partial charge is 0.0852 e. The maximum Gasteiger partial charge on any atom is 0.0852 e. The normalized spacial score (nSPS) is 12.3. The van der Waals surface area contributed by atoms with Gasteiger partial charge in [0.15, 0.2) is 0 Å². The Morgan fingerprint density at radius 1 is 1.40 bits per heavy atom. The van der Waals surface area contributed by atoms with Crippen molar-refractivity contribution in [2.75, 3.05) is 0 Å². The molecule has 0 aliphatic carbocycles. The molecule has 0 radical (unpaired) electrons. The maximum absolute atomic E-state index is 5.05. The zero-order chi connectivity index (χ0) is 7.82. The Labute approximate surface area is 62.8 Å². The zero-order valence-electron chi connectivity index (χ0n) is 6.75. The van der Waals surface area contributed by atoms with Gasteiger partial charge in [-0.1, -0.05) is 19.9 Å². The summed E-state index contributed by atoms with van der Waals surface area (Å²) in [4.78, 5) is 3.78. The highest BCUT2D eigenvalue weighted by molar-refractivity contribution is 5.52. The number of rotatable bonds is 4. The molecule has 0 aliphatic rings. The van der Waals surface area contributed by atoms with E-state index in [0.29, 0.717) is 5.92 Å². The fourth-order valence-electron chi connectivity index (χ4n) is 0.782. The average molecular weight is 140 g/mol. The molecule has 10 heavy (non-hydrogen) atoms. The second-order valence-corrected chi connectivity index (χ2v) is 2.22. The van der Waals surface area contributed by atoms with Crippen LogP contribution in [-0.2, 0) is 0 Å². The molecule has 0 amide bonds. The number of allylic oxidation sites excluding steroid dienone is 1. The summed E-state index contributed by atoms with van der Waals surface area (Å²) >= 11 is 0. The fourth-order valence-corrected chi connectivity index (χ4v) is 0.782. The molecule has 0 fully saturated rings. The summed E-state index contributed by atoms with van der Waals surface area (Å²) in [6.45, 7) is 4.34. The van der Waals surface area contributed by atoms with Crippen LogP contribution in [0.15, 0.2) is 17.3 Å². The molecule has 0 aromatic heterocycles. The number of nitrogens with zero attached hydrogens (tertiary/aromatic N) is 1. The molecule has 0 aromatic rings. The van der Waals surface area contributed by atoms with E-state index >= 15 is 0 Å². The number of aliphatic imine (C=N–C) groups is 1. The Morgan fingerprint density at radius 3 is 2.40 bits per heavy atom. The van der Waals surface area contributed by atoms with Gasteiger partial charge in [0, 0.05) is 6.20 Å². The first-order valence-electron chi connectivity index (χ1n) is 3.75. The lowest BCUT2D eigenvalue weighted by atomic mass is 10.0. The monoisotopic (exact) mass is 140 g/mol. The third-order valence-corrected chi connectivity index (χ3v) is 1.58. The van der Waals surface area contributed by atoms with Gasteiger partial charge in [-0.3, -0.25) is 0 Å². The van der Waals surface area contributed by atoms with E-state index in [1.54, 1.807) is 6.20 Å². The molecule has 2 N–H and O–H groups in total. The molecule has 0 aliphatic heterocycles. The largest absolute Gasteiger partial charge is 0.390 e. The van der Waals surface area contributed by atoms with Crippen molar-refractivity contribution in [2.45, 2.75) is 26.7 Å². The van der Waals surface area contributed by atoms with E-state index in [0.717, 1.165) is 0 Å². The second-order valence-electron chi connectivity index (χ2n) is 2.22. The van der Waals surface area contributed by atoms with E-state index in [4.69, 9.17) is 5.73 Å². The third kappa shape index (κ3) is 4.13. The van der Waals surface area contributed by atoms with Gasteiger partial charge in [0.05, 0.1) is 6.34 Å². The van der Waals surface area contributed by atoms with Crippen LogP contribution in [0.2, 0.25) is 0 Å². The number of hydrogen-bond acceptors (Lipinski definition) is 1. The minimum Gasteiger partial charge on any atom is -0.390 e. The maximum atomic E-state index is 5.05. The van der Waals surface area contributed by atoms with Gasteiger partial charge in [0.2, 0.25) is 0 Å². The quantitative estimate of drug-likeness (QED) is 0.470. The van der Waals surface area contributed by atoms with Crippen LogP contribution in [0, 0.1) is 5.92 Å². The molecule has 0 heterocycles. The lowest BCUT2D eigenvalue weighted by Gasteiger charge is -2.02. The second kappa shape index (κ2) is 6.33. The predicted molar refractivity (Wildman–Crippen MR) is 45.9 cm³/mol. The summed E-state index contributed by atoms with van der Waals surface area (Å²) in [5.74, 6) is 0.656. The first kappa shape index (κ1) is 9.21. The molecule has 0 unspecified atom stereocenters. The summed E-state index contributed by atoms with van der Waals surface area (Å²) in [5, 5.41) is 0. The molecule has 0 atom stereocenters. The van der Waals surface area contributed by atoms with Crippen molar-refractivity contribution in [2.24, 2.45) is 16.6 Å². The summed E-state index contributed by atoms with van der Waals surface area (Å²) in [7, 11) is 0. The molecule has 2 heteroatoms. The zero-order valence-corrected chi connectivity index (χ0v) is 6.75. The molecule has 0 spiro atoms. The molecule has 0 aromatic carbocycles. The van der Waals surface area contributed by atoms with Crippen LogP contribution in [0.1, 0.15) is 26.7 Å². The van der Waals surface area contributed by atoms with Crippen molar-refractivity contribution in [3.63, 3.8) is 0 Å². The lowest BCUT2D eigenvalue weighted by molar-refractivity contribution is 0.605. The van der Waals surface area contributed by atoms with Crippen molar-refractivity contribution in [1.82, 2.24) is 0 Å².